The van der Waals surface area contributed by atoms with Crippen LogP contribution in [0.1, 0.15) is 30.0 Å². The molecule has 0 bridgehead atoms. The number of nitrogens with one attached hydrogen (secondary N) is 1. The summed E-state index contributed by atoms with van der Waals surface area (Å²) in [4.78, 5) is 4.48. The zero-order valence-electron chi connectivity index (χ0n) is 12.1. The van der Waals surface area contributed by atoms with E-state index in [9.17, 15) is 5.11 Å². The maximum absolute atomic E-state index is 10.0. The van der Waals surface area contributed by atoms with Gasteiger partial charge in [-0.05, 0) is 37.6 Å². The van der Waals surface area contributed by atoms with Crippen molar-refractivity contribution in [1.82, 2.24) is 4.98 Å². The lowest BCUT2D eigenvalue weighted by Gasteiger charge is -2.19. The fourth-order valence-corrected chi connectivity index (χ4v) is 3.38. The van der Waals surface area contributed by atoms with E-state index < -0.39 is 0 Å². The number of phenols is 1. The third kappa shape index (κ3) is 2.85. The number of aromatic hydroxyl groups is 1. The van der Waals surface area contributed by atoms with Crippen LogP contribution in [0, 0.1) is 6.92 Å². The van der Waals surface area contributed by atoms with Crippen LogP contribution < -0.4 is 5.32 Å². The van der Waals surface area contributed by atoms with Crippen LogP contribution >= 0.6 is 11.3 Å². The maximum Gasteiger partial charge on any atom is 0.120 e. The SMILES string of the molecule is CCC(Nc1ccc2nc(C)sc2c1)c1ccccc1O. The minimum absolute atomic E-state index is 0.0951. The number of aromatic nitrogens is 1. The quantitative estimate of drug-likeness (QED) is 0.722. The van der Waals surface area contributed by atoms with Crippen molar-refractivity contribution < 1.29 is 5.11 Å². The van der Waals surface area contributed by atoms with Crippen LogP contribution in [0.5, 0.6) is 5.75 Å². The Morgan fingerprint density at radius 1 is 1.24 bits per heavy atom. The molecule has 4 heteroatoms. The van der Waals surface area contributed by atoms with Crippen molar-refractivity contribution in [2.45, 2.75) is 26.3 Å². The summed E-state index contributed by atoms with van der Waals surface area (Å²) in [5.74, 6) is 0.339. The van der Waals surface area contributed by atoms with Gasteiger partial charge in [0.25, 0.3) is 0 Å². The fourth-order valence-electron chi connectivity index (χ4n) is 2.51. The molecule has 0 radical (unpaired) electrons. The first-order valence-electron chi connectivity index (χ1n) is 7.09. The summed E-state index contributed by atoms with van der Waals surface area (Å²) in [6.07, 6.45) is 0.900. The van der Waals surface area contributed by atoms with E-state index in [0.717, 1.165) is 28.2 Å². The van der Waals surface area contributed by atoms with Crippen LogP contribution in [-0.2, 0) is 0 Å². The van der Waals surface area contributed by atoms with Gasteiger partial charge in [-0.3, -0.25) is 0 Å². The zero-order chi connectivity index (χ0) is 14.8. The molecule has 1 unspecified atom stereocenters. The molecule has 3 aromatic rings. The fraction of sp³-hybridized carbons (Fsp3) is 0.235. The van der Waals surface area contributed by atoms with Crippen LogP contribution in [0.4, 0.5) is 5.69 Å². The van der Waals surface area contributed by atoms with Gasteiger partial charge in [-0.15, -0.1) is 11.3 Å². The van der Waals surface area contributed by atoms with E-state index in [2.05, 4.69) is 23.3 Å². The van der Waals surface area contributed by atoms with E-state index in [1.54, 1.807) is 17.4 Å². The standard InChI is InChI=1S/C17H18N2OS/c1-3-14(13-6-4-5-7-16(13)20)19-12-8-9-15-17(10-12)21-11(2)18-15/h4-10,14,19-20H,3H2,1-2H3. The molecule has 0 amide bonds. The minimum atomic E-state index is 0.0951. The highest BCUT2D eigenvalue weighted by Crippen LogP contribution is 2.31. The van der Waals surface area contributed by atoms with Crippen molar-refractivity contribution >= 4 is 27.2 Å². The lowest BCUT2D eigenvalue weighted by atomic mass is 10.0. The van der Waals surface area contributed by atoms with Gasteiger partial charge in [0.05, 0.1) is 21.3 Å². The van der Waals surface area contributed by atoms with Crippen LogP contribution in [0.3, 0.4) is 0 Å². The van der Waals surface area contributed by atoms with Crippen molar-refractivity contribution in [3.8, 4) is 5.75 Å². The van der Waals surface area contributed by atoms with Gasteiger partial charge in [0.2, 0.25) is 0 Å². The second-order valence-corrected chi connectivity index (χ2v) is 6.31. The largest absolute Gasteiger partial charge is 0.508 e. The molecule has 1 aromatic heterocycles. The summed E-state index contributed by atoms with van der Waals surface area (Å²) in [6, 6.07) is 13.8. The Morgan fingerprint density at radius 3 is 2.81 bits per heavy atom. The summed E-state index contributed by atoms with van der Waals surface area (Å²) in [5, 5.41) is 14.6. The van der Waals surface area contributed by atoms with E-state index in [1.807, 2.05) is 37.3 Å². The van der Waals surface area contributed by atoms with E-state index in [4.69, 9.17) is 0 Å². The van der Waals surface area contributed by atoms with Crippen molar-refractivity contribution in [1.29, 1.82) is 0 Å². The summed E-state index contributed by atoms with van der Waals surface area (Å²) >= 11 is 1.70. The van der Waals surface area contributed by atoms with Gasteiger partial charge in [0.15, 0.2) is 0 Å². The van der Waals surface area contributed by atoms with E-state index in [1.165, 1.54) is 4.70 Å². The number of anilines is 1. The molecule has 2 N–H and O–H groups in total. The number of rotatable bonds is 4. The Kier molecular flexibility index (Phi) is 3.80. The molecule has 0 spiro atoms. The van der Waals surface area contributed by atoms with Gasteiger partial charge in [-0.25, -0.2) is 4.98 Å². The number of phenolic OH excluding ortho intramolecular Hbond substituents is 1. The number of para-hydroxylation sites is 1. The van der Waals surface area contributed by atoms with Crippen molar-refractivity contribution in [2.75, 3.05) is 5.32 Å². The molecule has 0 fully saturated rings. The van der Waals surface area contributed by atoms with Gasteiger partial charge in [0.1, 0.15) is 5.75 Å². The third-order valence-corrected chi connectivity index (χ3v) is 4.49. The molecule has 0 saturated carbocycles. The second kappa shape index (κ2) is 5.74. The predicted octanol–water partition coefficient (Wildman–Crippen LogP) is 4.87. The Bertz CT molecular complexity index is 766. The van der Waals surface area contributed by atoms with Gasteiger partial charge in [-0.1, -0.05) is 25.1 Å². The molecule has 1 heterocycles. The van der Waals surface area contributed by atoms with Gasteiger partial charge in [0, 0.05) is 11.3 Å². The van der Waals surface area contributed by atoms with Crippen molar-refractivity contribution in [2.24, 2.45) is 0 Å². The average molecular weight is 298 g/mol. The molecule has 108 valence electrons. The first-order valence-corrected chi connectivity index (χ1v) is 7.90. The Balaban J connectivity index is 1.90. The molecule has 0 saturated heterocycles. The lowest BCUT2D eigenvalue weighted by Crippen LogP contribution is -2.09. The van der Waals surface area contributed by atoms with Crippen molar-refractivity contribution in [3.05, 3.63) is 53.0 Å². The number of hydrogen-bond donors (Lipinski definition) is 2. The summed E-state index contributed by atoms with van der Waals surface area (Å²) in [5.41, 5.74) is 3.03. The molecule has 0 aliphatic heterocycles. The number of aryl methyl sites for hydroxylation is 1. The first kappa shape index (κ1) is 13.9. The predicted molar refractivity (Wildman–Crippen MR) is 89.1 cm³/mol. The van der Waals surface area contributed by atoms with Crippen LogP contribution in [-0.4, -0.2) is 10.1 Å². The molecule has 21 heavy (non-hydrogen) atoms. The molecule has 0 aliphatic rings. The minimum Gasteiger partial charge on any atom is -0.508 e. The van der Waals surface area contributed by atoms with E-state index in [0.29, 0.717) is 5.75 Å². The van der Waals surface area contributed by atoms with Crippen LogP contribution in [0.2, 0.25) is 0 Å². The topological polar surface area (TPSA) is 45.2 Å². The second-order valence-electron chi connectivity index (χ2n) is 5.08. The normalized spacial score (nSPS) is 12.5. The molecule has 3 rings (SSSR count). The summed E-state index contributed by atoms with van der Waals surface area (Å²) in [6.45, 7) is 4.13. The first-order chi connectivity index (χ1) is 10.2. The molecule has 2 aromatic carbocycles. The highest BCUT2D eigenvalue weighted by Gasteiger charge is 2.13. The molecular formula is C17H18N2OS. The van der Waals surface area contributed by atoms with Gasteiger partial charge < -0.3 is 10.4 Å². The number of nitrogens with zero attached hydrogens (tertiary/aromatic N) is 1. The smallest absolute Gasteiger partial charge is 0.120 e. The third-order valence-electron chi connectivity index (χ3n) is 3.56. The lowest BCUT2D eigenvalue weighted by molar-refractivity contribution is 0.463. The van der Waals surface area contributed by atoms with Gasteiger partial charge >= 0.3 is 0 Å². The molecule has 3 nitrogen and oxygen atoms in total. The molecule has 1 atom stereocenters. The number of benzene rings is 2. The maximum atomic E-state index is 10.0. The monoisotopic (exact) mass is 298 g/mol. The number of fused-ring (bicyclic) bond motifs is 1. The molecular weight excluding hydrogens is 280 g/mol. The van der Waals surface area contributed by atoms with E-state index in [-0.39, 0.29) is 6.04 Å². The number of thiazole rings is 1. The van der Waals surface area contributed by atoms with Gasteiger partial charge in [-0.2, -0.15) is 0 Å². The zero-order valence-corrected chi connectivity index (χ0v) is 12.9. The Hall–Kier alpha value is -2.07. The summed E-state index contributed by atoms with van der Waals surface area (Å²) in [7, 11) is 0. The highest BCUT2D eigenvalue weighted by molar-refractivity contribution is 7.18. The summed E-state index contributed by atoms with van der Waals surface area (Å²) < 4.78 is 1.18. The van der Waals surface area contributed by atoms with Crippen LogP contribution in [0.15, 0.2) is 42.5 Å². The van der Waals surface area contributed by atoms with Crippen molar-refractivity contribution in [3.63, 3.8) is 0 Å². The van der Waals surface area contributed by atoms with E-state index >= 15 is 0 Å². The molecule has 0 aliphatic carbocycles. The Morgan fingerprint density at radius 2 is 2.05 bits per heavy atom. The Labute approximate surface area is 128 Å². The van der Waals surface area contributed by atoms with Crippen LogP contribution in [0.25, 0.3) is 10.2 Å². The highest BCUT2D eigenvalue weighted by atomic mass is 32.1. The number of hydrogen-bond acceptors (Lipinski definition) is 4. The average Bonchev–Trinajstić information content (AvgIpc) is 2.85.